The van der Waals surface area contributed by atoms with E-state index in [-0.39, 0.29) is 11.5 Å². The molecule has 1 aromatic carbocycles. The van der Waals surface area contributed by atoms with E-state index in [0.29, 0.717) is 11.4 Å². The normalized spacial score (nSPS) is 17.7. The van der Waals surface area contributed by atoms with Gasteiger partial charge in [0.15, 0.2) is 0 Å². The van der Waals surface area contributed by atoms with Crippen LogP contribution in [0.1, 0.15) is 51.8 Å². The smallest absolute Gasteiger partial charge is 0.280 e. The molecule has 4 heteroatoms. The number of rotatable bonds is 5. The topological polar surface area (TPSA) is 37.9 Å². The van der Waals surface area contributed by atoms with Gasteiger partial charge >= 0.3 is 0 Å². The van der Waals surface area contributed by atoms with Crippen molar-refractivity contribution in [3.63, 3.8) is 0 Å². The number of fused-ring (bicyclic) bond motifs is 1. The molecule has 0 radical (unpaired) electrons. The second-order valence-corrected chi connectivity index (χ2v) is 6.18. The molecule has 1 saturated heterocycles. The molecule has 0 N–H and O–H groups in total. The minimum absolute atomic E-state index is 0.0725. The molecule has 21 heavy (non-hydrogen) atoms. The van der Waals surface area contributed by atoms with Crippen molar-refractivity contribution in [3.05, 3.63) is 40.4 Å². The Labute approximate surface area is 125 Å². The number of unbranched alkanes of at least 4 members (excludes halogenated alkanes) is 1. The molecule has 1 atom stereocenters. The third-order valence-electron chi connectivity index (χ3n) is 4.13. The predicted octanol–water partition coefficient (Wildman–Crippen LogP) is 3.03. The van der Waals surface area contributed by atoms with Crippen LogP contribution in [0.15, 0.2) is 29.1 Å². The van der Waals surface area contributed by atoms with Crippen LogP contribution >= 0.6 is 0 Å². The van der Waals surface area contributed by atoms with Crippen molar-refractivity contribution in [3.8, 4) is 0 Å². The number of benzene rings is 1. The number of hydrogen-bond acceptors (Lipinski definition) is 3. The van der Waals surface area contributed by atoms with Crippen LogP contribution in [0.2, 0.25) is 0 Å². The number of nitrogens with zero attached hydrogens (tertiary/aromatic N) is 3. The van der Waals surface area contributed by atoms with Gasteiger partial charge in [-0.3, -0.25) is 4.79 Å². The third kappa shape index (κ3) is 2.55. The van der Waals surface area contributed by atoms with E-state index in [1.165, 1.54) is 12.8 Å². The second-order valence-electron chi connectivity index (χ2n) is 6.18. The van der Waals surface area contributed by atoms with Crippen molar-refractivity contribution in [2.45, 2.75) is 52.0 Å². The first-order valence-electron chi connectivity index (χ1n) is 7.92. The highest BCUT2D eigenvalue weighted by molar-refractivity contribution is 5.77. The molecule has 2 heterocycles. The Morgan fingerprint density at radius 2 is 2.10 bits per heavy atom. The van der Waals surface area contributed by atoms with Crippen LogP contribution in [-0.2, 0) is 0 Å². The molecule has 1 aliphatic heterocycles. The summed E-state index contributed by atoms with van der Waals surface area (Å²) in [5, 5.41) is 2.88. The molecule has 1 fully saturated rings. The Morgan fingerprint density at radius 1 is 1.33 bits per heavy atom. The molecule has 3 rings (SSSR count). The lowest BCUT2D eigenvalue weighted by atomic mass is 10.2. The first kappa shape index (κ1) is 14.1. The molecule has 1 aromatic heterocycles. The fraction of sp³-hybridized carbons (Fsp3) is 0.529. The maximum absolute atomic E-state index is 12.8. The van der Waals surface area contributed by atoms with Crippen LogP contribution in [0, 0.1) is 0 Å². The minimum Gasteiger partial charge on any atom is -0.301 e. The largest absolute Gasteiger partial charge is 0.301 e. The Balaban J connectivity index is 2.06. The Morgan fingerprint density at radius 3 is 2.81 bits per heavy atom. The fourth-order valence-electron chi connectivity index (χ4n) is 2.86. The highest BCUT2D eigenvalue weighted by Gasteiger charge is 2.36. The minimum atomic E-state index is 0.0725. The molecule has 0 spiro atoms. The van der Waals surface area contributed by atoms with Crippen molar-refractivity contribution in [2.24, 2.45) is 0 Å². The fourth-order valence-corrected chi connectivity index (χ4v) is 2.86. The molecule has 2 aromatic rings. The Kier molecular flexibility index (Phi) is 3.70. The summed E-state index contributed by atoms with van der Waals surface area (Å²) in [6.45, 7) is 7.37. The number of hydrogen-bond donors (Lipinski definition) is 0. The van der Waals surface area contributed by atoms with Crippen LogP contribution in [0.3, 0.4) is 0 Å². The summed E-state index contributed by atoms with van der Waals surface area (Å²) < 4.78 is 1.83. The first-order chi connectivity index (χ1) is 10.1. The van der Waals surface area contributed by atoms with Gasteiger partial charge in [-0.25, -0.2) is 9.66 Å². The molecule has 0 unspecified atom stereocenters. The molecule has 4 nitrogen and oxygen atoms in total. The van der Waals surface area contributed by atoms with Gasteiger partial charge in [-0.15, -0.1) is 0 Å². The van der Waals surface area contributed by atoms with E-state index in [9.17, 15) is 4.79 Å². The molecule has 0 amide bonds. The van der Waals surface area contributed by atoms with Crippen molar-refractivity contribution in [1.82, 2.24) is 9.66 Å². The zero-order valence-electron chi connectivity index (χ0n) is 13.0. The summed E-state index contributed by atoms with van der Waals surface area (Å²) in [5.41, 5.74) is 0.873. The average molecular weight is 285 g/mol. The second kappa shape index (κ2) is 5.51. The third-order valence-corrected chi connectivity index (χ3v) is 4.13. The standard InChI is InChI=1S/C17H23N3O/c1-4-5-8-13-11-19(13)20-16(12(2)3)18-15-10-7-6-9-14(15)17(20)21/h6-7,9-10,12-13H,4-5,8,11H2,1-3H3/t13-,19?/m1/s1. The summed E-state index contributed by atoms with van der Waals surface area (Å²) in [7, 11) is 0. The van der Waals surface area contributed by atoms with Gasteiger partial charge in [0.05, 0.1) is 23.5 Å². The zero-order chi connectivity index (χ0) is 15.0. The van der Waals surface area contributed by atoms with Crippen molar-refractivity contribution >= 4 is 10.9 Å². The first-order valence-corrected chi connectivity index (χ1v) is 7.92. The molecule has 0 bridgehead atoms. The van der Waals surface area contributed by atoms with E-state index in [2.05, 4.69) is 25.8 Å². The average Bonchev–Trinajstić information content (AvgIpc) is 3.24. The van der Waals surface area contributed by atoms with Crippen LogP contribution in [0.5, 0.6) is 0 Å². The summed E-state index contributed by atoms with van der Waals surface area (Å²) in [4.78, 5) is 17.6. The van der Waals surface area contributed by atoms with Crippen molar-refractivity contribution in [2.75, 3.05) is 11.6 Å². The van der Waals surface area contributed by atoms with Crippen molar-refractivity contribution in [1.29, 1.82) is 0 Å². The Bertz CT molecular complexity index is 705. The van der Waals surface area contributed by atoms with Crippen molar-refractivity contribution < 1.29 is 0 Å². The SMILES string of the molecule is CCCC[C@@H]1CN1n1c(C(C)C)nc2ccccc2c1=O. The van der Waals surface area contributed by atoms with E-state index < -0.39 is 0 Å². The summed E-state index contributed by atoms with van der Waals surface area (Å²) in [5.74, 6) is 1.10. The Hall–Kier alpha value is -1.84. The van der Waals surface area contributed by atoms with E-state index >= 15 is 0 Å². The molecule has 1 aliphatic rings. The predicted molar refractivity (Wildman–Crippen MR) is 86.5 cm³/mol. The number of aromatic nitrogens is 2. The van der Waals surface area contributed by atoms with E-state index in [1.54, 1.807) is 0 Å². The van der Waals surface area contributed by atoms with Gasteiger partial charge in [0, 0.05) is 5.92 Å². The zero-order valence-corrected chi connectivity index (χ0v) is 13.0. The molecular weight excluding hydrogens is 262 g/mol. The van der Waals surface area contributed by atoms with Crippen LogP contribution < -0.4 is 10.6 Å². The van der Waals surface area contributed by atoms with E-state index in [1.807, 2.05) is 28.9 Å². The molecule has 0 saturated carbocycles. The van der Waals surface area contributed by atoms with Gasteiger partial charge in [0.25, 0.3) is 5.56 Å². The summed E-state index contributed by atoms with van der Waals surface area (Å²) in [6.07, 6.45) is 3.58. The molecule has 0 aliphatic carbocycles. The summed E-state index contributed by atoms with van der Waals surface area (Å²) >= 11 is 0. The highest BCUT2D eigenvalue weighted by Crippen LogP contribution is 2.24. The quantitative estimate of drug-likeness (QED) is 0.793. The highest BCUT2D eigenvalue weighted by atomic mass is 16.1. The van der Waals surface area contributed by atoms with Gasteiger partial charge in [-0.05, 0) is 18.6 Å². The molecule has 112 valence electrons. The van der Waals surface area contributed by atoms with E-state index in [4.69, 9.17) is 4.98 Å². The number of para-hydroxylation sites is 1. The van der Waals surface area contributed by atoms with Crippen LogP contribution in [0.25, 0.3) is 10.9 Å². The van der Waals surface area contributed by atoms with Gasteiger partial charge in [0.1, 0.15) is 5.82 Å². The maximum atomic E-state index is 12.8. The van der Waals surface area contributed by atoms with E-state index in [0.717, 1.165) is 24.3 Å². The monoisotopic (exact) mass is 285 g/mol. The maximum Gasteiger partial charge on any atom is 0.280 e. The lowest BCUT2D eigenvalue weighted by Gasteiger charge is -2.17. The van der Waals surface area contributed by atoms with Gasteiger partial charge in [-0.1, -0.05) is 45.7 Å². The molecular formula is C17H23N3O. The van der Waals surface area contributed by atoms with Gasteiger partial charge in [0.2, 0.25) is 0 Å². The van der Waals surface area contributed by atoms with Crippen LogP contribution in [-0.4, -0.2) is 22.2 Å². The summed E-state index contributed by atoms with van der Waals surface area (Å²) in [6, 6.07) is 8.13. The van der Waals surface area contributed by atoms with Crippen LogP contribution in [0.4, 0.5) is 0 Å². The lowest BCUT2D eigenvalue weighted by Crippen LogP contribution is -2.34. The lowest BCUT2D eigenvalue weighted by molar-refractivity contribution is 0.613. The van der Waals surface area contributed by atoms with Gasteiger partial charge < -0.3 is 5.01 Å². The van der Waals surface area contributed by atoms with Gasteiger partial charge in [-0.2, -0.15) is 0 Å².